The van der Waals surface area contributed by atoms with Crippen LogP contribution in [0, 0.1) is 6.92 Å². The number of allylic oxidation sites excluding steroid dienone is 1. The zero-order chi connectivity index (χ0) is 14.5. The van der Waals surface area contributed by atoms with Gasteiger partial charge < -0.3 is 0 Å². The van der Waals surface area contributed by atoms with Crippen LogP contribution in [0.2, 0.25) is 0 Å². The van der Waals surface area contributed by atoms with Crippen LogP contribution in [-0.4, -0.2) is 0 Å². The Morgan fingerprint density at radius 3 is 1.86 bits per heavy atom. The van der Waals surface area contributed by atoms with Crippen molar-refractivity contribution in [3.05, 3.63) is 99.8 Å². The highest BCUT2D eigenvalue weighted by Gasteiger charge is 2.04. The largest absolute Gasteiger partial charge is 0.145 e. The van der Waals surface area contributed by atoms with Gasteiger partial charge in [-0.25, -0.2) is 0 Å². The van der Waals surface area contributed by atoms with Gasteiger partial charge >= 0.3 is 0 Å². The summed E-state index contributed by atoms with van der Waals surface area (Å²) in [6, 6.07) is 25.7. The fraction of sp³-hybridized carbons (Fsp3) is 0.100. The van der Waals surface area contributed by atoms with E-state index < -0.39 is 0 Å². The van der Waals surface area contributed by atoms with Gasteiger partial charge in [-0.15, -0.1) is 11.3 Å². The maximum Gasteiger partial charge on any atom is 0.00860 e. The van der Waals surface area contributed by atoms with Gasteiger partial charge in [0.05, 0.1) is 0 Å². The molecule has 0 fully saturated rings. The van der Waals surface area contributed by atoms with E-state index in [1.54, 1.807) is 0 Å². The van der Waals surface area contributed by atoms with Crippen LogP contribution in [-0.2, 0) is 6.42 Å². The van der Waals surface area contributed by atoms with Crippen molar-refractivity contribution >= 4 is 16.9 Å². The summed E-state index contributed by atoms with van der Waals surface area (Å²) in [6.45, 7) is 2.16. The minimum Gasteiger partial charge on any atom is -0.145 e. The molecule has 21 heavy (non-hydrogen) atoms. The lowest BCUT2D eigenvalue weighted by atomic mass is 9.97. The molecular formula is C20H18S. The second-order valence-electron chi connectivity index (χ2n) is 5.07. The smallest absolute Gasteiger partial charge is 0.00860 e. The second kappa shape index (κ2) is 6.55. The first-order valence-electron chi connectivity index (χ1n) is 7.19. The van der Waals surface area contributed by atoms with E-state index in [0.717, 1.165) is 6.42 Å². The van der Waals surface area contributed by atoms with Crippen LogP contribution in [0.4, 0.5) is 0 Å². The summed E-state index contributed by atoms with van der Waals surface area (Å²) < 4.78 is 0. The van der Waals surface area contributed by atoms with Gasteiger partial charge in [0.1, 0.15) is 0 Å². The topological polar surface area (TPSA) is 0 Å². The summed E-state index contributed by atoms with van der Waals surface area (Å²) in [5.74, 6) is 0. The molecule has 1 heteroatoms. The van der Waals surface area contributed by atoms with Crippen LogP contribution in [0.15, 0.2) is 78.9 Å². The highest BCUT2D eigenvalue weighted by Crippen LogP contribution is 2.25. The standard InChI is InChI=1S/C20H18S/c1-16-12-13-19(21-16)14-15-20(17-8-4-2-5-9-17)18-10-6-3-7-11-18/h2-13,15H,14H2,1H3. The molecule has 0 nitrogen and oxygen atoms in total. The van der Waals surface area contributed by atoms with Crippen molar-refractivity contribution < 1.29 is 0 Å². The fourth-order valence-electron chi connectivity index (χ4n) is 2.44. The normalized spacial score (nSPS) is 10.3. The molecule has 0 bridgehead atoms. The Morgan fingerprint density at radius 1 is 0.810 bits per heavy atom. The summed E-state index contributed by atoms with van der Waals surface area (Å²) in [5.41, 5.74) is 3.86. The molecular weight excluding hydrogens is 272 g/mol. The van der Waals surface area contributed by atoms with Gasteiger partial charge in [0.15, 0.2) is 0 Å². The average molecular weight is 290 g/mol. The first-order chi connectivity index (χ1) is 10.3. The fourth-order valence-corrected chi connectivity index (χ4v) is 3.29. The quantitative estimate of drug-likeness (QED) is 0.575. The first-order valence-corrected chi connectivity index (χ1v) is 8.01. The van der Waals surface area contributed by atoms with Gasteiger partial charge in [-0.05, 0) is 35.8 Å². The highest BCUT2D eigenvalue weighted by atomic mass is 32.1. The minimum absolute atomic E-state index is 0.984. The summed E-state index contributed by atoms with van der Waals surface area (Å²) in [4.78, 5) is 2.79. The molecule has 0 N–H and O–H groups in total. The van der Waals surface area contributed by atoms with E-state index in [1.165, 1.54) is 26.5 Å². The molecule has 104 valence electrons. The zero-order valence-corrected chi connectivity index (χ0v) is 12.9. The van der Waals surface area contributed by atoms with E-state index >= 15 is 0 Å². The van der Waals surface area contributed by atoms with Crippen LogP contribution >= 0.6 is 11.3 Å². The van der Waals surface area contributed by atoms with Crippen molar-refractivity contribution in [2.24, 2.45) is 0 Å². The van der Waals surface area contributed by atoms with Crippen molar-refractivity contribution in [1.29, 1.82) is 0 Å². The highest BCUT2D eigenvalue weighted by molar-refractivity contribution is 7.11. The lowest BCUT2D eigenvalue weighted by Gasteiger charge is -2.08. The van der Waals surface area contributed by atoms with E-state index in [9.17, 15) is 0 Å². The first kappa shape index (κ1) is 13.8. The Bertz CT molecular complexity index is 679. The molecule has 0 aliphatic carbocycles. The molecule has 0 saturated carbocycles. The minimum atomic E-state index is 0.984. The number of aryl methyl sites for hydroxylation is 1. The molecule has 3 aromatic rings. The van der Waals surface area contributed by atoms with Gasteiger partial charge in [0.2, 0.25) is 0 Å². The lowest BCUT2D eigenvalue weighted by molar-refractivity contribution is 1.34. The Morgan fingerprint density at radius 2 is 1.38 bits per heavy atom. The Kier molecular flexibility index (Phi) is 4.32. The van der Waals surface area contributed by atoms with Crippen LogP contribution in [0.3, 0.4) is 0 Å². The monoisotopic (exact) mass is 290 g/mol. The predicted molar refractivity (Wildman–Crippen MR) is 92.7 cm³/mol. The number of hydrogen-bond donors (Lipinski definition) is 0. The summed E-state index contributed by atoms with van der Waals surface area (Å²) >= 11 is 1.88. The third-order valence-corrected chi connectivity index (χ3v) is 4.50. The molecule has 1 heterocycles. The lowest BCUT2D eigenvalue weighted by Crippen LogP contribution is -1.89. The number of rotatable bonds is 4. The third-order valence-electron chi connectivity index (χ3n) is 3.47. The Hall–Kier alpha value is -2.12. The SMILES string of the molecule is Cc1ccc(CC=C(c2ccccc2)c2ccccc2)s1. The van der Waals surface area contributed by atoms with Gasteiger partial charge in [0, 0.05) is 16.2 Å². The summed E-state index contributed by atoms with van der Waals surface area (Å²) in [5, 5.41) is 0. The molecule has 0 radical (unpaired) electrons. The average Bonchev–Trinajstić information content (AvgIpc) is 2.95. The van der Waals surface area contributed by atoms with Crippen molar-refractivity contribution in [2.75, 3.05) is 0 Å². The number of benzene rings is 2. The van der Waals surface area contributed by atoms with Crippen LogP contribution in [0.25, 0.3) is 5.57 Å². The van der Waals surface area contributed by atoms with E-state index in [0.29, 0.717) is 0 Å². The molecule has 0 atom stereocenters. The molecule has 1 aromatic heterocycles. The van der Waals surface area contributed by atoms with Crippen molar-refractivity contribution in [3.8, 4) is 0 Å². The van der Waals surface area contributed by atoms with Crippen LogP contribution < -0.4 is 0 Å². The zero-order valence-electron chi connectivity index (χ0n) is 12.1. The van der Waals surface area contributed by atoms with Crippen molar-refractivity contribution in [3.63, 3.8) is 0 Å². The van der Waals surface area contributed by atoms with Crippen LogP contribution in [0.5, 0.6) is 0 Å². The maximum atomic E-state index is 2.34. The Balaban J connectivity index is 1.96. The Labute approximate surface area is 130 Å². The van der Waals surface area contributed by atoms with E-state index in [-0.39, 0.29) is 0 Å². The van der Waals surface area contributed by atoms with E-state index in [1.807, 2.05) is 11.3 Å². The molecule has 2 aromatic carbocycles. The number of thiophene rings is 1. The maximum absolute atomic E-state index is 2.34. The number of hydrogen-bond acceptors (Lipinski definition) is 1. The molecule has 0 saturated heterocycles. The third kappa shape index (κ3) is 3.50. The summed E-state index contributed by atoms with van der Waals surface area (Å²) in [6.07, 6.45) is 3.33. The second-order valence-corrected chi connectivity index (χ2v) is 6.44. The molecule has 0 aliphatic rings. The van der Waals surface area contributed by atoms with Gasteiger partial charge in [-0.3, -0.25) is 0 Å². The van der Waals surface area contributed by atoms with E-state index in [4.69, 9.17) is 0 Å². The predicted octanol–water partition coefficient (Wildman–Crippen LogP) is 5.73. The van der Waals surface area contributed by atoms with Gasteiger partial charge in [-0.1, -0.05) is 66.7 Å². The summed E-state index contributed by atoms with van der Waals surface area (Å²) in [7, 11) is 0. The molecule has 3 rings (SSSR count). The molecule has 0 aliphatic heterocycles. The van der Waals surface area contributed by atoms with Crippen molar-refractivity contribution in [2.45, 2.75) is 13.3 Å². The van der Waals surface area contributed by atoms with Crippen LogP contribution in [0.1, 0.15) is 20.9 Å². The molecule has 0 unspecified atom stereocenters. The molecule has 0 spiro atoms. The van der Waals surface area contributed by atoms with E-state index in [2.05, 4.69) is 85.8 Å². The molecule has 0 amide bonds. The van der Waals surface area contributed by atoms with Crippen molar-refractivity contribution in [1.82, 2.24) is 0 Å². The van der Waals surface area contributed by atoms with Gasteiger partial charge in [-0.2, -0.15) is 0 Å². The van der Waals surface area contributed by atoms with Gasteiger partial charge in [0.25, 0.3) is 0 Å².